The second kappa shape index (κ2) is 13.1. The third-order valence-corrected chi connectivity index (χ3v) is 8.21. The summed E-state index contributed by atoms with van der Waals surface area (Å²) in [5.41, 5.74) is 2.21. The molecule has 6 nitrogen and oxygen atoms in total. The van der Waals surface area contributed by atoms with Crippen molar-refractivity contribution in [2.24, 2.45) is 11.8 Å². The molecule has 224 valence electrons. The number of Topliss-reactive ketones (excluding diaryl/α,β-unsaturated/α-hetero) is 1. The number of carbonyl (C=O) groups excluding carboxylic acids is 2. The van der Waals surface area contributed by atoms with Crippen LogP contribution in [0.3, 0.4) is 0 Å². The SMILES string of the molecule is COc1cc(-c2ccc(C(=O)Oc3cccc([C@H](C4CC4)[C@H](C)C(C)=O)c3F)cc2CN(C(C)C)C(C)C)c(F)cn1. The van der Waals surface area contributed by atoms with Crippen LogP contribution < -0.4 is 9.47 Å². The number of methoxy groups -OCH3 is 1. The van der Waals surface area contributed by atoms with Crippen molar-refractivity contribution in [1.29, 1.82) is 0 Å². The lowest BCUT2D eigenvalue weighted by Crippen LogP contribution is -2.36. The smallest absolute Gasteiger partial charge is 0.343 e. The Bertz CT molecular complexity index is 1440. The van der Waals surface area contributed by atoms with Crippen LogP contribution in [0.4, 0.5) is 8.78 Å². The largest absolute Gasteiger partial charge is 0.481 e. The van der Waals surface area contributed by atoms with Gasteiger partial charge in [0.15, 0.2) is 11.6 Å². The van der Waals surface area contributed by atoms with E-state index < -0.39 is 17.6 Å². The molecular formula is C34H40F2N2O4. The molecular weight excluding hydrogens is 538 g/mol. The van der Waals surface area contributed by atoms with Gasteiger partial charge in [0.05, 0.1) is 18.9 Å². The molecule has 4 rings (SSSR count). The molecule has 0 N–H and O–H groups in total. The Hall–Kier alpha value is -3.65. The van der Waals surface area contributed by atoms with Crippen LogP contribution in [-0.4, -0.2) is 40.8 Å². The van der Waals surface area contributed by atoms with E-state index in [0.717, 1.165) is 19.0 Å². The lowest BCUT2D eigenvalue weighted by molar-refractivity contribution is -0.121. The molecule has 1 aliphatic carbocycles. The van der Waals surface area contributed by atoms with Crippen molar-refractivity contribution in [3.8, 4) is 22.8 Å². The van der Waals surface area contributed by atoms with Gasteiger partial charge in [0.1, 0.15) is 11.6 Å². The van der Waals surface area contributed by atoms with Crippen molar-refractivity contribution >= 4 is 11.8 Å². The summed E-state index contributed by atoms with van der Waals surface area (Å²) in [4.78, 5) is 31.8. The fraction of sp³-hybridized carbons (Fsp3) is 0.441. The Morgan fingerprint density at radius 3 is 2.29 bits per heavy atom. The predicted molar refractivity (Wildman–Crippen MR) is 159 cm³/mol. The van der Waals surface area contributed by atoms with Gasteiger partial charge in [-0.05, 0) is 94.2 Å². The summed E-state index contributed by atoms with van der Waals surface area (Å²) in [5.74, 6) is -2.15. The summed E-state index contributed by atoms with van der Waals surface area (Å²) >= 11 is 0. The zero-order chi connectivity index (χ0) is 30.7. The Morgan fingerprint density at radius 2 is 1.69 bits per heavy atom. The number of halogens is 2. The van der Waals surface area contributed by atoms with Gasteiger partial charge in [0.25, 0.3) is 0 Å². The maximum Gasteiger partial charge on any atom is 0.343 e. The van der Waals surface area contributed by atoms with Crippen LogP contribution in [0.15, 0.2) is 48.7 Å². The highest BCUT2D eigenvalue weighted by Gasteiger charge is 2.39. The predicted octanol–water partition coefficient (Wildman–Crippen LogP) is 7.59. The minimum atomic E-state index is -0.727. The minimum absolute atomic E-state index is 0.00131. The first-order chi connectivity index (χ1) is 19.9. The van der Waals surface area contributed by atoms with E-state index in [4.69, 9.17) is 9.47 Å². The third-order valence-electron chi connectivity index (χ3n) is 8.21. The molecule has 1 aliphatic rings. The molecule has 0 spiro atoms. The Kier molecular flexibility index (Phi) is 9.77. The number of ketones is 1. The van der Waals surface area contributed by atoms with Crippen LogP contribution in [0.1, 0.15) is 81.8 Å². The average Bonchev–Trinajstić information content (AvgIpc) is 3.79. The molecule has 1 fully saturated rings. The number of hydrogen-bond acceptors (Lipinski definition) is 6. The van der Waals surface area contributed by atoms with Gasteiger partial charge in [-0.3, -0.25) is 9.69 Å². The van der Waals surface area contributed by atoms with Crippen LogP contribution in [0.5, 0.6) is 11.6 Å². The van der Waals surface area contributed by atoms with Crippen LogP contribution in [0, 0.1) is 23.5 Å². The number of aromatic nitrogens is 1. The van der Waals surface area contributed by atoms with Gasteiger partial charge in [0.2, 0.25) is 5.88 Å². The van der Waals surface area contributed by atoms with Gasteiger partial charge in [-0.25, -0.2) is 18.6 Å². The van der Waals surface area contributed by atoms with E-state index in [1.807, 2.05) is 6.92 Å². The number of nitrogens with zero attached hydrogens (tertiary/aromatic N) is 2. The summed E-state index contributed by atoms with van der Waals surface area (Å²) in [6.07, 6.45) is 2.99. The summed E-state index contributed by atoms with van der Waals surface area (Å²) in [5, 5.41) is 0. The molecule has 0 saturated heterocycles. The van der Waals surface area contributed by atoms with Crippen molar-refractivity contribution in [2.75, 3.05) is 7.11 Å². The summed E-state index contributed by atoms with van der Waals surface area (Å²) in [7, 11) is 1.46. The van der Waals surface area contributed by atoms with Crippen LogP contribution in [0.2, 0.25) is 0 Å². The first-order valence-corrected chi connectivity index (χ1v) is 14.5. The number of ether oxygens (including phenoxy) is 2. The third kappa shape index (κ3) is 6.86. The molecule has 0 radical (unpaired) electrons. The number of hydrogen-bond donors (Lipinski definition) is 0. The quantitative estimate of drug-likeness (QED) is 0.163. The standard InChI is InChI=1S/C34H40F2N2O4/c1-19(2)38(20(3)4)18-25-15-24(13-14-26(25)28-16-31(41-7)37-17-29(28)35)34(40)42-30-10-8-9-27(33(30)36)32(23-11-12-23)21(5)22(6)39/h8-10,13-17,19-21,23,32H,11-12,18H2,1-7H3/t21-,32+/m1/s1. The highest BCUT2D eigenvalue weighted by molar-refractivity contribution is 5.92. The topological polar surface area (TPSA) is 68.7 Å². The van der Waals surface area contributed by atoms with Gasteiger partial charge in [-0.1, -0.05) is 25.1 Å². The van der Waals surface area contributed by atoms with E-state index in [1.54, 1.807) is 30.3 Å². The van der Waals surface area contributed by atoms with Gasteiger partial charge in [0, 0.05) is 36.2 Å². The first kappa shape index (κ1) is 31.3. The van der Waals surface area contributed by atoms with Crippen molar-refractivity contribution in [3.63, 3.8) is 0 Å². The van der Waals surface area contributed by atoms with Gasteiger partial charge < -0.3 is 9.47 Å². The number of benzene rings is 2. The number of carbonyl (C=O) groups is 2. The van der Waals surface area contributed by atoms with Gasteiger partial charge >= 0.3 is 5.97 Å². The zero-order valence-corrected chi connectivity index (χ0v) is 25.4. The second-order valence-corrected chi connectivity index (χ2v) is 11.7. The molecule has 2 aromatic carbocycles. The van der Waals surface area contributed by atoms with Gasteiger partial charge in [-0.15, -0.1) is 0 Å². The summed E-state index contributed by atoms with van der Waals surface area (Å²) in [6.45, 7) is 12.1. The number of rotatable bonds is 12. The highest BCUT2D eigenvalue weighted by atomic mass is 19.1. The Morgan fingerprint density at radius 1 is 1.00 bits per heavy atom. The molecule has 2 atom stereocenters. The molecule has 3 aromatic rings. The van der Waals surface area contributed by atoms with Gasteiger partial charge in [-0.2, -0.15) is 0 Å². The van der Waals surface area contributed by atoms with E-state index in [2.05, 4.69) is 37.6 Å². The van der Waals surface area contributed by atoms with Crippen molar-refractivity contribution < 1.29 is 27.8 Å². The second-order valence-electron chi connectivity index (χ2n) is 11.7. The lowest BCUT2D eigenvalue weighted by Gasteiger charge is -2.31. The zero-order valence-electron chi connectivity index (χ0n) is 25.4. The molecule has 1 heterocycles. The van der Waals surface area contributed by atoms with Crippen LogP contribution >= 0.6 is 0 Å². The molecule has 1 aromatic heterocycles. The molecule has 42 heavy (non-hydrogen) atoms. The van der Waals surface area contributed by atoms with Crippen molar-refractivity contribution in [1.82, 2.24) is 9.88 Å². The van der Waals surface area contributed by atoms with E-state index in [1.165, 1.54) is 26.2 Å². The van der Waals surface area contributed by atoms with E-state index in [9.17, 15) is 9.59 Å². The average molecular weight is 579 g/mol. The summed E-state index contributed by atoms with van der Waals surface area (Å²) < 4.78 is 41.6. The molecule has 8 heteroatoms. The monoisotopic (exact) mass is 578 g/mol. The van der Waals surface area contributed by atoms with E-state index >= 15 is 8.78 Å². The first-order valence-electron chi connectivity index (χ1n) is 14.5. The maximum atomic E-state index is 15.8. The van der Waals surface area contributed by atoms with Crippen molar-refractivity contribution in [3.05, 3.63) is 77.0 Å². The maximum absolute atomic E-state index is 15.8. The van der Waals surface area contributed by atoms with E-state index in [0.29, 0.717) is 28.8 Å². The molecule has 0 bridgehead atoms. The minimum Gasteiger partial charge on any atom is -0.481 e. The van der Waals surface area contributed by atoms with E-state index in [-0.39, 0.29) is 52.8 Å². The van der Waals surface area contributed by atoms with Crippen LogP contribution in [0.25, 0.3) is 11.1 Å². The van der Waals surface area contributed by atoms with Crippen LogP contribution in [-0.2, 0) is 11.3 Å². The Labute approximate surface area is 247 Å². The normalized spacial score (nSPS) is 14.8. The fourth-order valence-corrected chi connectivity index (χ4v) is 5.67. The number of esters is 1. The fourth-order valence-electron chi connectivity index (χ4n) is 5.67. The van der Waals surface area contributed by atoms with Crippen molar-refractivity contribution in [2.45, 2.75) is 78.9 Å². The molecule has 1 saturated carbocycles. The molecule has 0 unspecified atom stereocenters. The molecule has 0 aliphatic heterocycles. The highest BCUT2D eigenvalue weighted by Crippen LogP contribution is 2.48. The Balaban J connectivity index is 1.71. The number of pyridine rings is 1. The summed E-state index contributed by atoms with van der Waals surface area (Å²) in [6, 6.07) is 11.5. The lowest BCUT2D eigenvalue weighted by atomic mass is 9.81. The molecule has 0 amide bonds.